The summed E-state index contributed by atoms with van der Waals surface area (Å²) in [6.07, 6.45) is 1.48. The lowest BCUT2D eigenvalue weighted by Gasteiger charge is -2.08. The number of aryl methyl sites for hydroxylation is 1. The van der Waals surface area contributed by atoms with Crippen LogP contribution < -0.4 is 15.9 Å². The zero-order valence-electron chi connectivity index (χ0n) is 17.1. The lowest BCUT2D eigenvalue weighted by atomic mass is 10.2. The number of carbonyl (C=O) groups is 1. The number of aromatic nitrogens is 5. The number of rotatable bonds is 7. The van der Waals surface area contributed by atoms with Crippen molar-refractivity contribution >= 4 is 41.1 Å². The van der Waals surface area contributed by atoms with Crippen LogP contribution in [0.2, 0.25) is 10.0 Å². The molecule has 3 N–H and O–H groups in total. The van der Waals surface area contributed by atoms with E-state index < -0.39 is 5.91 Å². The monoisotopic (exact) mass is 486 g/mol. The molecule has 0 aliphatic rings. The Morgan fingerprint density at radius 3 is 2.73 bits per heavy atom. The van der Waals surface area contributed by atoms with E-state index in [9.17, 15) is 4.79 Å². The van der Waals surface area contributed by atoms with Crippen LogP contribution in [0.3, 0.4) is 0 Å². The van der Waals surface area contributed by atoms with Gasteiger partial charge in [0.05, 0.1) is 11.9 Å². The highest BCUT2D eigenvalue weighted by Gasteiger charge is 2.22. The van der Waals surface area contributed by atoms with Gasteiger partial charge in [-0.2, -0.15) is 9.78 Å². The molecule has 0 atom stereocenters. The molecule has 0 fully saturated rings. The zero-order chi connectivity index (χ0) is 23.4. The highest BCUT2D eigenvalue weighted by molar-refractivity contribution is 6.35. The second-order valence-corrected chi connectivity index (χ2v) is 7.54. The van der Waals surface area contributed by atoms with Crippen LogP contribution in [0, 0.1) is 6.92 Å². The minimum absolute atomic E-state index is 0.0295. The van der Waals surface area contributed by atoms with Crippen LogP contribution in [0.4, 0.5) is 5.82 Å². The number of halogens is 2. The molecule has 0 saturated carbocycles. The zero-order valence-corrected chi connectivity index (χ0v) is 18.6. The van der Waals surface area contributed by atoms with E-state index in [1.807, 2.05) is 6.07 Å². The predicted octanol–water partition coefficient (Wildman–Crippen LogP) is 3.19. The molecule has 11 nitrogen and oxygen atoms in total. The molecular weight excluding hydrogens is 471 g/mol. The molecule has 0 bridgehead atoms. The first-order chi connectivity index (χ1) is 15.9. The van der Waals surface area contributed by atoms with Crippen LogP contribution in [-0.4, -0.2) is 37.4 Å². The smallest absolute Gasteiger partial charge is 0.292 e. The van der Waals surface area contributed by atoms with Gasteiger partial charge >= 0.3 is 0 Å². The Labute approximate surface area is 197 Å². The van der Waals surface area contributed by atoms with E-state index in [1.165, 1.54) is 6.21 Å². The Morgan fingerprint density at radius 1 is 1.24 bits per heavy atom. The van der Waals surface area contributed by atoms with Gasteiger partial charge in [0, 0.05) is 15.6 Å². The third-order valence-corrected chi connectivity index (χ3v) is 5.01. The molecule has 0 spiro atoms. The van der Waals surface area contributed by atoms with E-state index in [-0.39, 0.29) is 17.3 Å². The third kappa shape index (κ3) is 5.10. The molecule has 13 heteroatoms. The van der Waals surface area contributed by atoms with Crippen molar-refractivity contribution in [2.75, 3.05) is 5.73 Å². The Kier molecular flexibility index (Phi) is 6.52. The molecule has 33 heavy (non-hydrogen) atoms. The maximum atomic E-state index is 12.6. The highest BCUT2D eigenvalue weighted by atomic mass is 35.5. The van der Waals surface area contributed by atoms with Gasteiger partial charge in [0.2, 0.25) is 11.6 Å². The van der Waals surface area contributed by atoms with Crippen LogP contribution in [0.5, 0.6) is 5.75 Å². The molecule has 0 saturated heterocycles. The molecule has 0 radical (unpaired) electrons. The van der Waals surface area contributed by atoms with Crippen molar-refractivity contribution in [3.05, 3.63) is 75.0 Å². The number of hydrogen-bond acceptors (Lipinski definition) is 9. The lowest BCUT2D eigenvalue weighted by Crippen LogP contribution is -2.22. The quantitative estimate of drug-likeness (QED) is 0.299. The van der Waals surface area contributed by atoms with Gasteiger partial charge < -0.3 is 10.5 Å². The number of nitrogens with two attached hydrogens (primary N) is 1. The number of ether oxygens (including phenoxy) is 1. The van der Waals surface area contributed by atoms with Crippen LogP contribution >= 0.6 is 23.2 Å². The summed E-state index contributed by atoms with van der Waals surface area (Å²) in [6.45, 7) is 1.91. The van der Waals surface area contributed by atoms with Crippen molar-refractivity contribution in [3.63, 3.8) is 0 Å². The van der Waals surface area contributed by atoms with Gasteiger partial charge in [-0.15, -0.1) is 5.10 Å². The fourth-order valence-corrected chi connectivity index (χ4v) is 3.24. The summed E-state index contributed by atoms with van der Waals surface area (Å²) in [4.78, 5) is 12.6. The fraction of sp³-hybridized carbons (Fsp3) is 0.100. The van der Waals surface area contributed by atoms with Crippen molar-refractivity contribution in [2.24, 2.45) is 5.10 Å². The Bertz CT molecular complexity index is 1320. The molecule has 0 unspecified atom stereocenters. The second-order valence-electron chi connectivity index (χ2n) is 6.70. The molecular formula is C20H16Cl2N8O3. The summed E-state index contributed by atoms with van der Waals surface area (Å²) >= 11 is 12.1. The molecule has 2 heterocycles. The van der Waals surface area contributed by atoms with Gasteiger partial charge in [-0.25, -0.2) is 10.1 Å². The normalized spacial score (nSPS) is 11.1. The number of carbonyl (C=O) groups excluding carboxylic acids is 1. The van der Waals surface area contributed by atoms with Gasteiger partial charge in [-0.1, -0.05) is 34.5 Å². The third-order valence-electron chi connectivity index (χ3n) is 4.42. The van der Waals surface area contributed by atoms with E-state index in [0.29, 0.717) is 28.1 Å². The number of nitrogens with one attached hydrogen (secondary N) is 1. The summed E-state index contributed by atoms with van der Waals surface area (Å²) in [5, 5.41) is 19.9. The maximum absolute atomic E-state index is 12.6. The molecule has 4 rings (SSSR count). The first-order valence-electron chi connectivity index (χ1n) is 9.43. The van der Waals surface area contributed by atoms with Crippen LogP contribution in [0.1, 0.15) is 27.3 Å². The molecule has 0 aliphatic heterocycles. The lowest BCUT2D eigenvalue weighted by molar-refractivity contribution is 0.0946. The summed E-state index contributed by atoms with van der Waals surface area (Å²) in [5.74, 6) is 0.112. The summed E-state index contributed by atoms with van der Waals surface area (Å²) in [6, 6.07) is 12.3. The average Bonchev–Trinajstić information content (AvgIpc) is 3.39. The van der Waals surface area contributed by atoms with E-state index in [4.69, 9.17) is 33.7 Å². The fourth-order valence-electron chi connectivity index (χ4n) is 2.77. The number of hydrogen-bond donors (Lipinski definition) is 2. The van der Waals surface area contributed by atoms with Crippen molar-refractivity contribution in [1.29, 1.82) is 0 Å². The Morgan fingerprint density at radius 2 is 2.03 bits per heavy atom. The molecule has 168 valence electrons. The van der Waals surface area contributed by atoms with E-state index in [1.54, 1.807) is 43.3 Å². The van der Waals surface area contributed by atoms with Crippen LogP contribution in [0.25, 0.3) is 5.82 Å². The summed E-state index contributed by atoms with van der Waals surface area (Å²) in [7, 11) is 0. The predicted molar refractivity (Wildman–Crippen MR) is 121 cm³/mol. The van der Waals surface area contributed by atoms with Gasteiger partial charge in [0.25, 0.3) is 5.91 Å². The minimum Gasteiger partial charge on any atom is -0.489 e. The largest absolute Gasteiger partial charge is 0.489 e. The second kappa shape index (κ2) is 9.67. The number of anilines is 1. The molecule has 2 aromatic heterocycles. The Hall–Kier alpha value is -3.96. The van der Waals surface area contributed by atoms with Gasteiger partial charge in [0.15, 0.2) is 5.69 Å². The van der Waals surface area contributed by atoms with Crippen molar-refractivity contribution in [1.82, 2.24) is 30.7 Å². The summed E-state index contributed by atoms with van der Waals surface area (Å²) < 4.78 is 11.4. The Balaban J connectivity index is 1.37. The highest BCUT2D eigenvalue weighted by Crippen LogP contribution is 2.23. The average molecular weight is 487 g/mol. The molecule has 2 aromatic carbocycles. The number of benzene rings is 2. The van der Waals surface area contributed by atoms with Gasteiger partial charge in [-0.05, 0) is 59.2 Å². The van der Waals surface area contributed by atoms with Crippen LogP contribution in [-0.2, 0) is 6.61 Å². The van der Waals surface area contributed by atoms with Gasteiger partial charge in [0.1, 0.15) is 12.4 Å². The maximum Gasteiger partial charge on any atom is 0.292 e. The minimum atomic E-state index is -0.559. The number of nitrogens with zero attached hydrogens (tertiary/aromatic N) is 6. The first kappa shape index (κ1) is 22.2. The molecule has 4 aromatic rings. The van der Waals surface area contributed by atoms with Gasteiger partial charge in [-0.3, -0.25) is 4.79 Å². The summed E-state index contributed by atoms with van der Waals surface area (Å²) in [5.41, 5.74) is 10.1. The van der Waals surface area contributed by atoms with Crippen molar-refractivity contribution in [2.45, 2.75) is 13.5 Å². The van der Waals surface area contributed by atoms with E-state index >= 15 is 0 Å². The molecule has 1 amide bonds. The first-order valence-corrected chi connectivity index (χ1v) is 10.2. The topological polar surface area (TPSA) is 146 Å². The van der Waals surface area contributed by atoms with E-state index in [2.05, 4.69) is 35.8 Å². The van der Waals surface area contributed by atoms with Crippen molar-refractivity contribution < 1.29 is 14.2 Å². The SMILES string of the molecule is Cc1nnn(-c2nonc2N)c1C(=O)N/N=C/c1ccc(OCc2ccc(Cl)cc2Cl)cc1. The van der Waals surface area contributed by atoms with E-state index in [0.717, 1.165) is 15.8 Å². The number of hydrazone groups is 1. The van der Waals surface area contributed by atoms with Crippen LogP contribution in [0.15, 0.2) is 52.2 Å². The number of amides is 1. The molecule has 0 aliphatic carbocycles. The number of nitrogen functional groups attached to an aromatic ring is 1. The standard InChI is InChI=1S/C20H16Cl2N8O3/c1-11-17(30(29-25-11)19-18(23)27-33-28-19)20(31)26-24-9-12-2-6-15(7-3-12)32-10-13-4-5-14(21)8-16(13)22/h2-9H,10H2,1H3,(H2,23,27)(H,26,31)/b24-9+. The van der Waals surface area contributed by atoms with Crippen molar-refractivity contribution in [3.8, 4) is 11.6 Å².